The third kappa shape index (κ3) is 4.69. The van der Waals surface area contributed by atoms with E-state index < -0.39 is 0 Å². The largest absolute Gasteiger partial charge is 0.491 e. The molecule has 6 rings (SSSR count). The number of amides is 1. The Morgan fingerprint density at radius 3 is 2.75 bits per heavy atom. The van der Waals surface area contributed by atoms with E-state index in [1.807, 2.05) is 18.2 Å². The van der Waals surface area contributed by atoms with Gasteiger partial charge >= 0.3 is 0 Å². The first-order chi connectivity index (χ1) is 17.5. The van der Waals surface area contributed by atoms with Crippen molar-refractivity contribution in [3.63, 3.8) is 0 Å². The highest BCUT2D eigenvalue weighted by Crippen LogP contribution is 2.38. The summed E-state index contributed by atoms with van der Waals surface area (Å²) in [6.45, 7) is 7.35. The van der Waals surface area contributed by atoms with Crippen LogP contribution in [0, 0.1) is 11.8 Å². The maximum Gasteiger partial charge on any atom is 0.255 e. The SMILES string of the molecule is CC(C)C1CCC(n2cc3cc4c(cc3n2)N2CC[C@@H](C2)OCCOc2cccc(c2)C(=O)N4)CC1. The van der Waals surface area contributed by atoms with Crippen LogP contribution in [0.25, 0.3) is 10.9 Å². The van der Waals surface area contributed by atoms with Crippen molar-refractivity contribution in [3.8, 4) is 5.75 Å². The van der Waals surface area contributed by atoms with Gasteiger partial charge in [0.1, 0.15) is 12.4 Å². The molecule has 190 valence electrons. The second-order valence-electron chi connectivity index (χ2n) is 10.9. The van der Waals surface area contributed by atoms with Crippen molar-refractivity contribution in [1.29, 1.82) is 0 Å². The minimum Gasteiger partial charge on any atom is -0.491 e. The Balaban J connectivity index is 1.34. The van der Waals surface area contributed by atoms with E-state index in [9.17, 15) is 4.79 Å². The summed E-state index contributed by atoms with van der Waals surface area (Å²) in [5.41, 5.74) is 3.39. The van der Waals surface area contributed by atoms with Gasteiger partial charge in [0.2, 0.25) is 0 Å². The van der Waals surface area contributed by atoms with Crippen LogP contribution in [0.15, 0.2) is 42.6 Å². The van der Waals surface area contributed by atoms with E-state index in [0.717, 1.165) is 53.6 Å². The Morgan fingerprint density at radius 1 is 1.06 bits per heavy atom. The van der Waals surface area contributed by atoms with E-state index in [1.54, 1.807) is 6.07 Å². The van der Waals surface area contributed by atoms with Gasteiger partial charge in [-0.1, -0.05) is 19.9 Å². The van der Waals surface area contributed by atoms with Crippen molar-refractivity contribution in [1.82, 2.24) is 9.78 Å². The summed E-state index contributed by atoms with van der Waals surface area (Å²) < 4.78 is 14.1. The monoisotopic (exact) mass is 488 g/mol. The van der Waals surface area contributed by atoms with Gasteiger partial charge in [-0.15, -0.1) is 0 Å². The predicted molar refractivity (Wildman–Crippen MR) is 142 cm³/mol. The van der Waals surface area contributed by atoms with Crippen LogP contribution < -0.4 is 15.0 Å². The van der Waals surface area contributed by atoms with E-state index >= 15 is 0 Å². The molecule has 1 amide bonds. The van der Waals surface area contributed by atoms with E-state index in [1.165, 1.54) is 25.7 Å². The number of ether oxygens (including phenoxy) is 2. The molecule has 2 aromatic carbocycles. The lowest BCUT2D eigenvalue weighted by atomic mass is 9.80. The number of benzene rings is 2. The van der Waals surface area contributed by atoms with Crippen LogP contribution in [0.2, 0.25) is 0 Å². The quantitative estimate of drug-likeness (QED) is 0.504. The number of hydrogen-bond donors (Lipinski definition) is 1. The molecule has 7 nitrogen and oxygen atoms in total. The van der Waals surface area contributed by atoms with E-state index in [-0.39, 0.29) is 12.0 Å². The Bertz CT molecular complexity index is 1240. The molecule has 1 saturated carbocycles. The molecule has 4 bridgehead atoms. The van der Waals surface area contributed by atoms with Gasteiger partial charge < -0.3 is 19.7 Å². The minimum atomic E-state index is -0.135. The number of carbonyl (C=O) groups is 1. The standard InChI is InChI=1S/C29H36N4O3/c1-19(2)20-6-8-23(9-7-20)33-17-22-15-27-28(16-26(22)31-33)32-11-10-25(18-32)36-13-12-35-24-5-3-4-21(14-24)29(34)30-27/h3-5,14-17,19-20,23,25H,6-13,18H2,1-2H3,(H,30,34)/t20?,23?,25-/m0/s1. The van der Waals surface area contributed by atoms with Crippen LogP contribution in [0.4, 0.5) is 11.4 Å². The molecular weight excluding hydrogens is 452 g/mol. The average molecular weight is 489 g/mol. The second kappa shape index (κ2) is 9.77. The third-order valence-corrected chi connectivity index (χ3v) is 8.23. The molecule has 2 aliphatic heterocycles. The smallest absolute Gasteiger partial charge is 0.255 e. The van der Waals surface area contributed by atoms with Crippen LogP contribution in [-0.2, 0) is 4.74 Å². The van der Waals surface area contributed by atoms with Crippen LogP contribution in [0.5, 0.6) is 5.75 Å². The molecule has 0 unspecified atom stereocenters. The van der Waals surface area contributed by atoms with Gasteiger partial charge in [-0.3, -0.25) is 9.48 Å². The van der Waals surface area contributed by atoms with Gasteiger partial charge in [0.15, 0.2) is 0 Å². The maximum absolute atomic E-state index is 13.3. The highest BCUT2D eigenvalue weighted by atomic mass is 16.5. The molecule has 3 heterocycles. The zero-order chi connectivity index (χ0) is 24.6. The number of rotatable bonds is 2. The normalized spacial score (nSPS) is 24.8. The van der Waals surface area contributed by atoms with Crippen molar-refractivity contribution in [2.45, 2.75) is 58.1 Å². The summed E-state index contributed by atoms with van der Waals surface area (Å²) in [6, 6.07) is 12.0. The topological polar surface area (TPSA) is 68.6 Å². The lowest BCUT2D eigenvalue weighted by molar-refractivity contribution is 0.0465. The number of fused-ring (bicyclic) bond motifs is 7. The van der Waals surface area contributed by atoms with Gasteiger partial charge in [0, 0.05) is 30.2 Å². The van der Waals surface area contributed by atoms with E-state index in [4.69, 9.17) is 14.6 Å². The average Bonchev–Trinajstić information content (AvgIpc) is 3.53. The molecular formula is C29H36N4O3. The van der Waals surface area contributed by atoms with Crippen molar-refractivity contribution < 1.29 is 14.3 Å². The molecule has 1 aromatic heterocycles. The number of carbonyl (C=O) groups excluding carboxylic acids is 1. The molecule has 1 aliphatic carbocycles. The number of nitrogens with one attached hydrogen (secondary N) is 1. The first-order valence-electron chi connectivity index (χ1n) is 13.5. The van der Waals surface area contributed by atoms with Gasteiger partial charge in [-0.25, -0.2) is 0 Å². The van der Waals surface area contributed by atoms with Crippen molar-refractivity contribution >= 4 is 28.2 Å². The lowest BCUT2D eigenvalue weighted by Gasteiger charge is -2.30. The zero-order valence-electron chi connectivity index (χ0n) is 21.3. The molecule has 0 radical (unpaired) electrons. The fourth-order valence-electron chi connectivity index (χ4n) is 6.04. The first-order valence-corrected chi connectivity index (χ1v) is 13.5. The van der Waals surface area contributed by atoms with Crippen LogP contribution in [0.3, 0.4) is 0 Å². The summed E-state index contributed by atoms with van der Waals surface area (Å²) in [6.07, 6.45) is 8.15. The molecule has 1 atom stereocenters. The molecule has 36 heavy (non-hydrogen) atoms. The molecule has 7 heteroatoms. The summed E-state index contributed by atoms with van der Waals surface area (Å²) in [5.74, 6) is 2.12. The van der Waals surface area contributed by atoms with Crippen LogP contribution in [-0.4, -0.2) is 48.1 Å². The van der Waals surface area contributed by atoms with Crippen LogP contribution >= 0.6 is 0 Å². The molecule has 1 N–H and O–H groups in total. The van der Waals surface area contributed by atoms with Gasteiger partial charge in [0.05, 0.1) is 35.6 Å². The molecule has 3 aromatic rings. The van der Waals surface area contributed by atoms with Gasteiger partial charge in [0.25, 0.3) is 5.91 Å². The summed E-state index contributed by atoms with van der Waals surface area (Å²) >= 11 is 0. The summed E-state index contributed by atoms with van der Waals surface area (Å²) in [4.78, 5) is 15.6. The number of nitrogens with zero attached hydrogens (tertiary/aromatic N) is 3. The third-order valence-electron chi connectivity index (χ3n) is 8.23. The molecule has 2 fully saturated rings. The lowest BCUT2D eigenvalue weighted by Crippen LogP contribution is -2.26. The molecule has 0 spiro atoms. The minimum absolute atomic E-state index is 0.135. The fraction of sp³-hybridized carbons (Fsp3) is 0.517. The van der Waals surface area contributed by atoms with Gasteiger partial charge in [-0.2, -0.15) is 5.10 Å². The second-order valence-corrected chi connectivity index (χ2v) is 10.9. The van der Waals surface area contributed by atoms with Crippen molar-refractivity contribution in [2.24, 2.45) is 11.8 Å². The Hall–Kier alpha value is -3.06. The van der Waals surface area contributed by atoms with Gasteiger partial charge in [-0.05, 0) is 74.3 Å². The Morgan fingerprint density at radius 2 is 1.92 bits per heavy atom. The Kier molecular flexibility index (Phi) is 6.34. The molecule has 1 saturated heterocycles. The first kappa shape index (κ1) is 23.3. The maximum atomic E-state index is 13.3. The zero-order valence-corrected chi connectivity index (χ0v) is 21.3. The molecule has 3 aliphatic rings. The number of hydrogen-bond acceptors (Lipinski definition) is 5. The summed E-state index contributed by atoms with van der Waals surface area (Å²) in [5, 5.41) is 9.27. The van der Waals surface area contributed by atoms with Crippen LogP contribution in [0.1, 0.15) is 62.4 Å². The highest BCUT2D eigenvalue weighted by Gasteiger charge is 2.28. The summed E-state index contributed by atoms with van der Waals surface area (Å²) in [7, 11) is 0. The fourth-order valence-corrected chi connectivity index (χ4v) is 6.04. The Labute approximate surface area is 212 Å². The van der Waals surface area contributed by atoms with E-state index in [0.29, 0.717) is 30.6 Å². The number of aromatic nitrogens is 2. The van der Waals surface area contributed by atoms with E-state index in [2.05, 4.69) is 47.1 Å². The number of anilines is 2. The highest BCUT2D eigenvalue weighted by molar-refractivity contribution is 6.07. The van der Waals surface area contributed by atoms with Crippen molar-refractivity contribution in [2.75, 3.05) is 36.5 Å². The van der Waals surface area contributed by atoms with Crippen molar-refractivity contribution in [3.05, 3.63) is 48.2 Å². The predicted octanol–water partition coefficient (Wildman–Crippen LogP) is 5.66.